The van der Waals surface area contributed by atoms with Crippen molar-refractivity contribution in [3.05, 3.63) is 34.8 Å². The van der Waals surface area contributed by atoms with E-state index in [0.29, 0.717) is 0 Å². The van der Waals surface area contributed by atoms with Crippen LogP contribution in [0.3, 0.4) is 0 Å². The van der Waals surface area contributed by atoms with Crippen LogP contribution in [0, 0.1) is 5.82 Å². The van der Waals surface area contributed by atoms with Gasteiger partial charge in [0, 0.05) is 18.1 Å². The molecule has 0 aliphatic carbocycles. The van der Waals surface area contributed by atoms with Gasteiger partial charge in [0.25, 0.3) is 0 Å². The van der Waals surface area contributed by atoms with Crippen molar-refractivity contribution < 1.29 is 23.0 Å². The lowest BCUT2D eigenvalue weighted by Gasteiger charge is -2.27. The molecule has 0 unspecified atom stereocenters. The van der Waals surface area contributed by atoms with Gasteiger partial charge >= 0.3 is 0 Å². The summed E-state index contributed by atoms with van der Waals surface area (Å²) in [7, 11) is -3.96. The Hall–Kier alpha value is -1.02. The molecule has 5 nitrogen and oxygen atoms in total. The van der Waals surface area contributed by atoms with Gasteiger partial charge in [-0.15, -0.1) is 0 Å². The van der Waals surface area contributed by atoms with Crippen LogP contribution < -0.4 is 0 Å². The van der Waals surface area contributed by atoms with E-state index in [1.165, 1.54) is 0 Å². The molecule has 1 aromatic carbocycles. The number of rotatable bonds is 5. The quantitative estimate of drug-likeness (QED) is 0.781. The molecule has 0 atom stereocenters. The maximum Gasteiger partial charge on any atom is 0.123 e. The van der Waals surface area contributed by atoms with E-state index in [4.69, 9.17) is 10.2 Å². The van der Waals surface area contributed by atoms with Crippen LogP contribution in [0.25, 0.3) is 4.72 Å². The molecule has 1 rings (SSSR count). The molecule has 0 radical (unpaired) electrons. The zero-order valence-electron chi connectivity index (χ0n) is 8.25. The van der Waals surface area contributed by atoms with Gasteiger partial charge in [-0.3, -0.25) is 0 Å². The lowest BCUT2D eigenvalue weighted by atomic mass is 10.4. The van der Waals surface area contributed by atoms with Crippen molar-refractivity contribution in [2.45, 2.75) is 10.9 Å². The summed E-state index contributed by atoms with van der Waals surface area (Å²) in [6.07, 6.45) is 0. The van der Waals surface area contributed by atoms with E-state index in [0.717, 1.165) is 24.3 Å². The van der Waals surface area contributed by atoms with Crippen LogP contribution in [0.2, 0.25) is 0 Å². The number of hydrogen-bond acceptors (Lipinski definition) is 4. The van der Waals surface area contributed by atoms with Gasteiger partial charge in [0.15, 0.2) is 0 Å². The molecular formula is C9H11FNO4S-. The highest BCUT2D eigenvalue weighted by Crippen LogP contribution is 2.19. The minimum absolute atomic E-state index is 0.180. The Balaban J connectivity index is 2.89. The van der Waals surface area contributed by atoms with Crippen molar-refractivity contribution in [3.63, 3.8) is 0 Å². The monoisotopic (exact) mass is 248 g/mol. The summed E-state index contributed by atoms with van der Waals surface area (Å²) in [5.74, 6) is -0.556. The predicted octanol–water partition coefficient (Wildman–Crippen LogP) is 0.241. The SMILES string of the molecule is O=S(=O)([N-]C(CO)CO)c1ccc(F)cc1. The normalized spacial score (nSPS) is 12.0. The molecule has 0 spiro atoms. The van der Waals surface area contributed by atoms with Gasteiger partial charge in [-0.05, 0) is 24.3 Å². The number of sulfonamides is 1. The van der Waals surface area contributed by atoms with Crippen LogP contribution in [0.4, 0.5) is 4.39 Å². The van der Waals surface area contributed by atoms with Gasteiger partial charge in [0.2, 0.25) is 0 Å². The Morgan fingerprint density at radius 2 is 1.69 bits per heavy atom. The first-order chi connectivity index (χ1) is 7.49. The Morgan fingerprint density at radius 3 is 2.12 bits per heavy atom. The molecule has 0 saturated heterocycles. The second-order valence-corrected chi connectivity index (χ2v) is 4.69. The van der Waals surface area contributed by atoms with E-state index in [1.54, 1.807) is 0 Å². The van der Waals surface area contributed by atoms with Crippen LogP contribution in [0.5, 0.6) is 0 Å². The van der Waals surface area contributed by atoms with Crippen molar-refractivity contribution in [2.24, 2.45) is 0 Å². The van der Waals surface area contributed by atoms with E-state index in [1.807, 2.05) is 0 Å². The standard InChI is InChI=1S/C9H11FNO4S/c10-7-1-3-9(4-2-7)16(14,15)11-8(5-12)6-13/h1-4,8,12-13H,5-6H2/q-1. The number of aliphatic hydroxyl groups excluding tert-OH is 2. The average Bonchev–Trinajstić information content (AvgIpc) is 2.26. The summed E-state index contributed by atoms with van der Waals surface area (Å²) in [4.78, 5) is -0.180. The van der Waals surface area contributed by atoms with E-state index in [2.05, 4.69) is 4.72 Å². The van der Waals surface area contributed by atoms with E-state index in [-0.39, 0.29) is 4.90 Å². The summed E-state index contributed by atoms with van der Waals surface area (Å²) >= 11 is 0. The Bertz CT molecular complexity index is 427. The van der Waals surface area contributed by atoms with Crippen LogP contribution in [0.15, 0.2) is 29.2 Å². The molecule has 0 aliphatic heterocycles. The zero-order valence-corrected chi connectivity index (χ0v) is 9.06. The molecule has 0 aromatic heterocycles. The molecule has 0 bridgehead atoms. The molecule has 2 N–H and O–H groups in total. The van der Waals surface area contributed by atoms with Crippen molar-refractivity contribution >= 4 is 10.0 Å². The smallest absolute Gasteiger partial charge is 0.123 e. The fourth-order valence-corrected chi connectivity index (χ4v) is 2.12. The molecule has 0 aliphatic rings. The topological polar surface area (TPSA) is 88.7 Å². The molecule has 0 fully saturated rings. The molecule has 90 valence electrons. The summed E-state index contributed by atoms with van der Waals surface area (Å²) < 4.78 is 39.0. The second-order valence-electron chi connectivity index (χ2n) is 3.05. The fourth-order valence-electron chi connectivity index (χ4n) is 0.988. The van der Waals surface area contributed by atoms with Crippen LogP contribution in [-0.4, -0.2) is 37.9 Å². The molecular weight excluding hydrogens is 237 g/mol. The first kappa shape index (κ1) is 13.0. The van der Waals surface area contributed by atoms with Gasteiger partial charge in [-0.2, -0.15) is 0 Å². The summed E-state index contributed by atoms with van der Waals surface area (Å²) in [5.41, 5.74) is 0. The third kappa shape index (κ3) is 3.24. The van der Waals surface area contributed by atoms with Crippen LogP contribution >= 0.6 is 0 Å². The third-order valence-electron chi connectivity index (χ3n) is 1.82. The van der Waals surface area contributed by atoms with Crippen molar-refractivity contribution in [2.75, 3.05) is 13.2 Å². The maximum atomic E-state index is 12.6. The number of aliphatic hydroxyl groups is 2. The fraction of sp³-hybridized carbons (Fsp3) is 0.333. The summed E-state index contributed by atoms with van der Waals surface area (Å²) in [5, 5.41) is 17.4. The van der Waals surface area contributed by atoms with Crippen molar-refractivity contribution in [1.82, 2.24) is 0 Å². The van der Waals surface area contributed by atoms with Gasteiger partial charge in [0.1, 0.15) is 15.8 Å². The van der Waals surface area contributed by atoms with E-state index >= 15 is 0 Å². The third-order valence-corrected chi connectivity index (χ3v) is 3.26. The Morgan fingerprint density at radius 1 is 1.19 bits per heavy atom. The van der Waals surface area contributed by atoms with Crippen molar-refractivity contribution in [3.8, 4) is 0 Å². The highest BCUT2D eigenvalue weighted by molar-refractivity contribution is 7.94. The summed E-state index contributed by atoms with van der Waals surface area (Å²) in [6.45, 7) is -1.14. The van der Waals surface area contributed by atoms with E-state index in [9.17, 15) is 12.8 Å². The minimum atomic E-state index is -3.96. The van der Waals surface area contributed by atoms with Crippen LogP contribution in [-0.2, 0) is 10.0 Å². The Labute approximate surface area is 92.6 Å². The van der Waals surface area contributed by atoms with Gasteiger partial charge in [0.05, 0.1) is 0 Å². The number of hydrogen-bond donors (Lipinski definition) is 2. The molecule has 1 aromatic rings. The molecule has 0 heterocycles. The second kappa shape index (κ2) is 5.35. The molecule has 16 heavy (non-hydrogen) atoms. The first-order valence-electron chi connectivity index (χ1n) is 4.44. The predicted molar refractivity (Wildman–Crippen MR) is 54.9 cm³/mol. The zero-order chi connectivity index (χ0) is 12.2. The highest BCUT2D eigenvalue weighted by atomic mass is 32.2. The van der Waals surface area contributed by atoms with Gasteiger partial charge in [-0.25, -0.2) is 12.8 Å². The highest BCUT2D eigenvalue weighted by Gasteiger charge is 2.07. The largest absolute Gasteiger partial charge is 0.538 e. The Kier molecular flexibility index (Phi) is 4.36. The lowest BCUT2D eigenvalue weighted by molar-refractivity contribution is 0.210. The van der Waals surface area contributed by atoms with Gasteiger partial charge in [-0.1, -0.05) is 6.04 Å². The summed E-state index contributed by atoms with van der Waals surface area (Å²) in [6, 6.07) is 3.04. The number of benzene rings is 1. The maximum absolute atomic E-state index is 12.6. The first-order valence-corrected chi connectivity index (χ1v) is 5.88. The molecule has 0 amide bonds. The molecule has 7 heteroatoms. The average molecular weight is 248 g/mol. The van der Waals surface area contributed by atoms with E-state index < -0.39 is 35.1 Å². The van der Waals surface area contributed by atoms with Crippen LogP contribution in [0.1, 0.15) is 0 Å². The van der Waals surface area contributed by atoms with Crippen molar-refractivity contribution in [1.29, 1.82) is 0 Å². The lowest BCUT2D eigenvalue weighted by Crippen LogP contribution is -2.20. The minimum Gasteiger partial charge on any atom is -0.538 e. The van der Waals surface area contributed by atoms with Gasteiger partial charge < -0.3 is 14.9 Å². The number of halogens is 1. The number of nitrogens with zero attached hydrogens (tertiary/aromatic N) is 1. The molecule has 0 saturated carbocycles.